The average molecular weight is 1770 g/mol. The van der Waals surface area contributed by atoms with Crippen molar-refractivity contribution in [3.63, 3.8) is 0 Å². The van der Waals surface area contributed by atoms with Gasteiger partial charge in [-0.2, -0.15) is 0 Å². The molecule has 5 aliphatic rings. The van der Waals surface area contributed by atoms with Crippen molar-refractivity contribution in [3.05, 3.63) is 0 Å². The molecule has 0 bridgehead atoms. The van der Waals surface area contributed by atoms with Gasteiger partial charge in [-0.15, -0.1) is 0 Å². The van der Waals surface area contributed by atoms with E-state index < -0.39 is 0 Å². The van der Waals surface area contributed by atoms with Crippen LogP contribution in [0.15, 0.2) is 0 Å². The van der Waals surface area contributed by atoms with E-state index in [0.29, 0.717) is 236 Å². The summed E-state index contributed by atoms with van der Waals surface area (Å²) in [4.78, 5) is 95.6. The van der Waals surface area contributed by atoms with Crippen LogP contribution < -0.4 is 47.9 Å². The van der Waals surface area contributed by atoms with E-state index in [2.05, 4.69) is 266 Å². The van der Waals surface area contributed by atoms with E-state index >= 15 is 0 Å². The summed E-state index contributed by atoms with van der Waals surface area (Å²) >= 11 is 0. The first kappa shape index (κ1) is 124. The Morgan fingerprint density at radius 2 is 0.432 bits per heavy atom. The van der Waals surface area contributed by atoms with Crippen LogP contribution >= 0.6 is 0 Å². The van der Waals surface area contributed by atoms with Gasteiger partial charge in [0.05, 0.1) is 0 Å². The molecule has 21 nitrogen and oxygen atoms in total. The van der Waals surface area contributed by atoms with Gasteiger partial charge in [0.15, 0.2) is 0 Å². The summed E-state index contributed by atoms with van der Waals surface area (Å²) in [6.07, 6.45) is 13.5. The molecule has 0 aromatic rings. The van der Waals surface area contributed by atoms with Gasteiger partial charge in [-0.3, -0.25) is 58.1 Å². The quantitative estimate of drug-likeness (QED) is 0.0275. The molecule has 5 rings (SSSR count). The average Bonchev–Trinajstić information content (AvgIpc) is 1.52. The Bertz CT molecular complexity index is 2580. The second-order valence-corrected chi connectivity index (χ2v) is 44.4. The molecule has 0 aliphatic carbocycles. The Balaban J connectivity index is 0. The van der Waals surface area contributed by atoms with E-state index in [4.69, 9.17) is 0 Å². The summed E-state index contributed by atoms with van der Waals surface area (Å²) in [5.41, 5.74) is 0. The Morgan fingerprint density at radius 1 is 0.240 bits per heavy atom. The molecule has 5 fully saturated rings. The zero-order valence-corrected chi connectivity index (χ0v) is 89.7. The number of Topliss-reactive ketones (excluding diaryl/α,β-unsaturated/α-hetero) is 7. The van der Waals surface area contributed by atoms with Crippen molar-refractivity contribution >= 4 is 40.5 Å². The highest BCUT2D eigenvalue weighted by Crippen LogP contribution is 2.31. The van der Waals surface area contributed by atoms with Gasteiger partial charge in [-0.1, -0.05) is 222 Å². The van der Waals surface area contributed by atoms with E-state index in [1.165, 1.54) is 6.42 Å². The van der Waals surface area contributed by atoms with E-state index in [9.17, 15) is 33.6 Å². The maximum atomic E-state index is 11.9. The third-order valence-electron chi connectivity index (χ3n) is 24.5. The van der Waals surface area contributed by atoms with Crippen LogP contribution in [0.25, 0.3) is 0 Å². The number of hydrogen-bond donors (Lipinski definition) is 9. The van der Waals surface area contributed by atoms with Crippen molar-refractivity contribution in [1.82, 2.24) is 72.4 Å². The number of rotatable bonds is 49. The molecule has 0 aromatic carbocycles. The fourth-order valence-electron chi connectivity index (χ4n) is 17.9. The number of carbonyl (C=O) groups excluding carboxylic acids is 7. The lowest BCUT2D eigenvalue weighted by Crippen LogP contribution is -2.40. The van der Waals surface area contributed by atoms with Gasteiger partial charge in [-0.05, 0) is 134 Å². The zero-order chi connectivity index (χ0) is 96.9. The topological polar surface area (TPSA) is 244 Å². The van der Waals surface area contributed by atoms with E-state index in [1.807, 2.05) is 96.9 Å². The number of nitrogens with one attached hydrogen (secondary N) is 9. The van der Waals surface area contributed by atoms with Crippen LogP contribution in [0.4, 0.5) is 0 Å². The minimum absolute atomic E-state index is 0.143. The summed E-state index contributed by atoms with van der Waals surface area (Å²) in [6, 6.07) is 12.8. The van der Waals surface area contributed by atoms with Crippen molar-refractivity contribution in [3.8, 4) is 0 Å². The Kier molecular flexibility index (Phi) is 65.3. The summed E-state index contributed by atoms with van der Waals surface area (Å²) in [7, 11) is 0. The summed E-state index contributed by atoms with van der Waals surface area (Å²) in [5, 5.41) is 31.8. The molecular formula is C104H212N14O7. The maximum absolute atomic E-state index is 11.9. The van der Waals surface area contributed by atoms with Crippen molar-refractivity contribution in [1.29, 1.82) is 0 Å². The highest BCUT2D eigenvalue weighted by molar-refractivity contribution is 5.83. The van der Waals surface area contributed by atoms with E-state index in [-0.39, 0.29) is 41.4 Å². The Morgan fingerprint density at radius 3 is 0.600 bits per heavy atom. The molecule has 21 heteroatoms. The molecule has 5 saturated heterocycles. The minimum Gasteiger partial charge on any atom is -0.314 e. The molecule has 0 radical (unpaired) electrons. The van der Waals surface area contributed by atoms with E-state index in [0.717, 1.165) is 97.2 Å². The normalized spacial score (nSPS) is 22.3. The highest BCUT2D eigenvalue weighted by Gasteiger charge is 2.40. The Hall–Kier alpha value is -2.87. The SMILES string of the molecule is CC(C)NCC[C@@H](CC(=O)C(C)C)NC(C)C.CC(C)NCC[C@H](CC(=O)C(C)C)NC(C)C.CC(C)N[C@@H]1C[C@@H](CC(=O)C(C)C)N(C(C)C)C1.CC(C)N[C@@H]1C[C@@H](CCC(=O)C(C)C)N(C(C)C)C1.CC(C)N[C@@H]1C[C@H](CC(=O)C(C)C)N(C(C)C)C1.CC(C)N[C@H]1C[C@@H](CC(=O)C(C)C)N(C(C)C)C1.CC(C)N[C@H]1C[C@H](CC(=O)C(C)C)N(C(C)C)C1. The van der Waals surface area contributed by atoms with Crippen molar-refractivity contribution in [2.75, 3.05) is 45.8 Å². The number of carbonyl (C=O) groups is 7. The smallest absolute Gasteiger partial charge is 0.136 e. The van der Waals surface area contributed by atoms with E-state index in [1.54, 1.807) is 0 Å². The Labute approximate surface area is 773 Å². The van der Waals surface area contributed by atoms with Gasteiger partial charge < -0.3 is 47.9 Å². The van der Waals surface area contributed by atoms with Crippen LogP contribution in [0, 0.1) is 41.4 Å². The van der Waals surface area contributed by atoms with Gasteiger partial charge in [0, 0.05) is 276 Å². The molecule has 0 amide bonds. The monoisotopic (exact) mass is 1770 g/mol. The standard InChI is InChI=1S/C16H32N2O.4C15H30N2O.2C14H30N2O/c1-11(2)16(19)8-7-15-9-14(17-12(3)4)10-18(15)13(5)6;4*1-10(2)15(18)8-14-7-13(16-11(3)4)9-17(14)12(5)6;2*1-10(2)14(17)9-13(16-12(5)6)7-8-15-11(3)4/h11-15,17H,7-10H2,1-6H3;4*10-14,16H,7-9H2,1-6H3;2*10-13,15-16H,7-9H2,1-6H3/t14-,15-;2*13-,14+;2*13-,14-;2*13-/m1101010/s1. The lowest BCUT2D eigenvalue weighted by molar-refractivity contribution is -0.123. The van der Waals surface area contributed by atoms with Crippen LogP contribution in [0.3, 0.4) is 0 Å². The first-order chi connectivity index (χ1) is 57.7. The molecule has 0 saturated carbocycles. The summed E-state index contributed by atoms with van der Waals surface area (Å²) < 4.78 is 0. The lowest BCUT2D eigenvalue weighted by Gasteiger charge is -2.28. The van der Waals surface area contributed by atoms with Crippen LogP contribution in [0.5, 0.6) is 0 Å². The van der Waals surface area contributed by atoms with Gasteiger partial charge in [-0.25, -0.2) is 0 Å². The highest BCUT2D eigenvalue weighted by atomic mass is 16.2. The first-order valence-electron chi connectivity index (χ1n) is 51.0. The second-order valence-electron chi connectivity index (χ2n) is 44.4. The second kappa shape index (κ2) is 65.7. The molecule has 0 unspecified atom stereocenters. The lowest BCUT2D eigenvalue weighted by atomic mass is 9.99. The van der Waals surface area contributed by atoms with Gasteiger partial charge in [0.25, 0.3) is 0 Å². The number of hydrogen-bond acceptors (Lipinski definition) is 21. The molecule has 5 aliphatic heterocycles. The number of nitrogens with zero attached hydrogens (tertiary/aromatic N) is 5. The molecule has 125 heavy (non-hydrogen) atoms. The summed E-state index contributed by atoms with van der Waals surface area (Å²) in [5.74, 6) is 3.83. The fourth-order valence-corrected chi connectivity index (χ4v) is 17.9. The number of likely N-dealkylation sites (tertiary alicyclic amines) is 5. The molecule has 0 spiro atoms. The maximum Gasteiger partial charge on any atom is 0.136 e. The van der Waals surface area contributed by atoms with Crippen molar-refractivity contribution < 1.29 is 33.6 Å². The molecule has 12 atom stereocenters. The summed E-state index contributed by atoms with van der Waals surface area (Å²) in [6.45, 7) is 96.6. The number of ketones is 7. The zero-order valence-electron chi connectivity index (χ0n) is 89.7. The van der Waals surface area contributed by atoms with Crippen molar-refractivity contribution in [2.45, 2.75) is 544 Å². The third kappa shape index (κ3) is 56.7. The molecular weight excluding hydrogens is 1560 g/mol. The molecule has 0 aromatic heterocycles. The van der Waals surface area contributed by atoms with Crippen LogP contribution in [0.2, 0.25) is 0 Å². The molecule has 5 heterocycles. The van der Waals surface area contributed by atoms with Gasteiger partial charge in [0.1, 0.15) is 40.5 Å². The largest absolute Gasteiger partial charge is 0.314 e. The fraction of sp³-hybridized carbons (Fsp3) is 0.933. The third-order valence-corrected chi connectivity index (χ3v) is 24.5. The predicted octanol–water partition coefficient (Wildman–Crippen LogP) is 17.4. The van der Waals surface area contributed by atoms with Crippen LogP contribution in [-0.2, 0) is 33.6 Å². The van der Waals surface area contributed by atoms with Gasteiger partial charge >= 0.3 is 0 Å². The predicted molar refractivity (Wildman–Crippen MR) is 537 cm³/mol. The van der Waals surface area contributed by atoms with Crippen LogP contribution in [0.1, 0.15) is 387 Å². The minimum atomic E-state index is 0.143. The first-order valence-corrected chi connectivity index (χ1v) is 51.0. The molecule has 740 valence electrons. The molecule has 9 N–H and O–H groups in total. The van der Waals surface area contributed by atoms with Gasteiger partial charge in [0.2, 0.25) is 0 Å². The van der Waals surface area contributed by atoms with Crippen molar-refractivity contribution in [2.24, 2.45) is 41.4 Å². The van der Waals surface area contributed by atoms with Crippen LogP contribution in [-0.4, -0.2) is 268 Å².